The summed E-state index contributed by atoms with van der Waals surface area (Å²) < 4.78 is 24.7. The van der Waals surface area contributed by atoms with Gasteiger partial charge in [0.05, 0.1) is 16.8 Å². The Morgan fingerprint density at radius 1 is 1.25 bits per heavy atom. The summed E-state index contributed by atoms with van der Waals surface area (Å²) in [6, 6.07) is 4.41. The molecule has 0 aliphatic rings. The third-order valence-electron chi connectivity index (χ3n) is 2.87. The summed E-state index contributed by atoms with van der Waals surface area (Å²) in [6.45, 7) is 5.89. The van der Waals surface area contributed by atoms with E-state index in [-0.39, 0.29) is 28.5 Å². The van der Waals surface area contributed by atoms with Crippen LogP contribution in [0.2, 0.25) is 5.02 Å². The van der Waals surface area contributed by atoms with E-state index >= 15 is 0 Å². The first-order chi connectivity index (χ1) is 9.10. The highest BCUT2D eigenvalue weighted by Crippen LogP contribution is 2.21. The first-order valence-corrected chi connectivity index (χ1v) is 8.45. The lowest BCUT2D eigenvalue weighted by molar-refractivity contribution is 0.0930. The van der Waals surface area contributed by atoms with E-state index in [0.29, 0.717) is 5.69 Å². The van der Waals surface area contributed by atoms with Crippen molar-refractivity contribution < 1.29 is 13.2 Å². The number of sulfonamides is 1. The number of hydrogen-bond donors (Lipinski definition) is 2. The topological polar surface area (TPSA) is 75.3 Å². The second-order valence-corrected chi connectivity index (χ2v) is 7.23. The highest BCUT2D eigenvalue weighted by atomic mass is 35.5. The molecule has 0 fully saturated rings. The second-order valence-electron chi connectivity index (χ2n) is 5.08. The maximum atomic E-state index is 12.1. The molecule has 0 spiro atoms. The van der Waals surface area contributed by atoms with Gasteiger partial charge in [0.1, 0.15) is 0 Å². The van der Waals surface area contributed by atoms with Gasteiger partial charge in [-0.1, -0.05) is 25.4 Å². The predicted molar refractivity (Wildman–Crippen MR) is 81.7 cm³/mol. The molecule has 20 heavy (non-hydrogen) atoms. The van der Waals surface area contributed by atoms with Crippen molar-refractivity contribution in [3.8, 4) is 0 Å². The molecule has 5 nitrogen and oxygen atoms in total. The van der Waals surface area contributed by atoms with Crippen LogP contribution in [-0.4, -0.2) is 26.6 Å². The first kappa shape index (κ1) is 16.8. The highest BCUT2D eigenvalue weighted by molar-refractivity contribution is 7.92. The molecule has 1 rings (SSSR count). The van der Waals surface area contributed by atoms with Crippen LogP contribution in [-0.2, 0) is 10.0 Å². The third kappa shape index (κ3) is 5.02. The Morgan fingerprint density at radius 3 is 2.35 bits per heavy atom. The SMILES string of the molecule is CC(C)[C@H](C)NC(=O)c1cc(NS(C)(=O)=O)ccc1Cl. The molecule has 1 aromatic carbocycles. The summed E-state index contributed by atoms with van der Waals surface area (Å²) >= 11 is 5.99. The predicted octanol–water partition coefficient (Wildman–Crippen LogP) is 2.49. The smallest absolute Gasteiger partial charge is 0.253 e. The van der Waals surface area contributed by atoms with Gasteiger partial charge in [0.2, 0.25) is 10.0 Å². The number of halogens is 1. The fourth-order valence-electron chi connectivity index (χ4n) is 1.43. The van der Waals surface area contributed by atoms with Crippen LogP contribution in [0.3, 0.4) is 0 Å². The Balaban J connectivity index is 2.99. The molecular formula is C13H19ClN2O3S. The molecule has 0 aliphatic carbocycles. The number of amides is 1. The minimum atomic E-state index is -3.39. The van der Waals surface area contributed by atoms with Crippen molar-refractivity contribution in [3.05, 3.63) is 28.8 Å². The van der Waals surface area contributed by atoms with Crippen LogP contribution in [0.1, 0.15) is 31.1 Å². The number of carbonyl (C=O) groups is 1. The van der Waals surface area contributed by atoms with Crippen LogP contribution in [0, 0.1) is 5.92 Å². The maximum Gasteiger partial charge on any atom is 0.253 e. The van der Waals surface area contributed by atoms with E-state index in [9.17, 15) is 13.2 Å². The van der Waals surface area contributed by atoms with Crippen molar-refractivity contribution in [1.82, 2.24) is 5.32 Å². The van der Waals surface area contributed by atoms with Crippen molar-refractivity contribution in [2.24, 2.45) is 5.92 Å². The lowest BCUT2D eigenvalue weighted by atomic mass is 10.1. The molecule has 0 aromatic heterocycles. The van der Waals surface area contributed by atoms with Crippen LogP contribution < -0.4 is 10.0 Å². The van der Waals surface area contributed by atoms with E-state index in [1.54, 1.807) is 0 Å². The van der Waals surface area contributed by atoms with Crippen LogP contribution in [0.25, 0.3) is 0 Å². The monoisotopic (exact) mass is 318 g/mol. The largest absolute Gasteiger partial charge is 0.349 e. The van der Waals surface area contributed by atoms with Gasteiger partial charge in [0.25, 0.3) is 5.91 Å². The van der Waals surface area contributed by atoms with E-state index in [0.717, 1.165) is 6.26 Å². The van der Waals surface area contributed by atoms with Crippen molar-refractivity contribution in [1.29, 1.82) is 0 Å². The van der Waals surface area contributed by atoms with Gasteiger partial charge >= 0.3 is 0 Å². The molecular weight excluding hydrogens is 300 g/mol. The van der Waals surface area contributed by atoms with Gasteiger partial charge in [-0.3, -0.25) is 9.52 Å². The summed E-state index contributed by atoms with van der Waals surface area (Å²) in [4.78, 5) is 12.1. The minimum Gasteiger partial charge on any atom is -0.349 e. The molecule has 0 saturated heterocycles. The molecule has 0 heterocycles. The molecule has 0 saturated carbocycles. The highest BCUT2D eigenvalue weighted by Gasteiger charge is 2.16. The van der Waals surface area contributed by atoms with Crippen LogP contribution >= 0.6 is 11.6 Å². The molecule has 0 radical (unpaired) electrons. The minimum absolute atomic E-state index is 0.00918. The van der Waals surface area contributed by atoms with Gasteiger partial charge < -0.3 is 5.32 Å². The van der Waals surface area contributed by atoms with E-state index < -0.39 is 10.0 Å². The number of carbonyl (C=O) groups excluding carboxylic acids is 1. The van der Waals surface area contributed by atoms with Crippen molar-refractivity contribution in [3.63, 3.8) is 0 Å². The Bertz CT molecular complexity index is 600. The normalized spacial score (nSPS) is 13.1. The zero-order chi connectivity index (χ0) is 15.5. The van der Waals surface area contributed by atoms with E-state index in [1.165, 1.54) is 18.2 Å². The number of benzene rings is 1. The number of anilines is 1. The van der Waals surface area contributed by atoms with Gasteiger partial charge in [0.15, 0.2) is 0 Å². The lowest BCUT2D eigenvalue weighted by Gasteiger charge is -2.18. The Kier molecular flexibility index (Phi) is 5.42. The molecule has 7 heteroatoms. The Hall–Kier alpha value is -1.27. The Morgan fingerprint density at radius 2 is 1.85 bits per heavy atom. The quantitative estimate of drug-likeness (QED) is 0.875. The third-order valence-corrected chi connectivity index (χ3v) is 3.81. The summed E-state index contributed by atoms with van der Waals surface area (Å²) in [5.41, 5.74) is 0.548. The van der Waals surface area contributed by atoms with Gasteiger partial charge in [-0.25, -0.2) is 8.42 Å². The number of nitrogens with one attached hydrogen (secondary N) is 2. The summed E-state index contributed by atoms with van der Waals surface area (Å²) in [5, 5.41) is 3.10. The van der Waals surface area contributed by atoms with Gasteiger partial charge in [-0.05, 0) is 31.0 Å². The zero-order valence-electron chi connectivity index (χ0n) is 11.9. The van der Waals surface area contributed by atoms with Gasteiger partial charge in [-0.2, -0.15) is 0 Å². The molecule has 0 bridgehead atoms. The van der Waals surface area contributed by atoms with Crippen LogP contribution in [0.4, 0.5) is 5.69 Å². The maximum absolute atomic E-state index is 12.1. The Labute approximate surface area is 124 Å². The summed E-state index contributed by atoms with van der Waals surface area (Å²) in [6.07, 6.45) is 1.04. The standard InChI is InChI=1S/C13H19ClN2O3S/c1-8(2)9(3)15-13(17)11-7-10(5-6-12(11)14)16-20(4,18)19/h5-9,16H,1-4H3,(H,15,17)/t9-/m0/s1. The van der Waals surface area contributed by atoms with E-state index in [4.69, 9.17) is 11.6 Å². The van der Waals surface area contributed by atoms with Crippen molar-refractivity contribution >= 4 is 33.2 Å². The average molecular weight is 319 g/mol. The molecule has 2 N–H and O–H groups in total. The molecule has 1 amide bonds. The van der Waals surface area contributed by atoms with E-state index in [2.05, 4.69) is 10.0 Å². The lowest BCUT2D eigenvalue weighted by Crippen LogP contribution is -2.36. The average Bonchev–Trinajstić information content (AvgIpc) is 2.29. The molecule has 1 aromatic rings. The molecule has 112 valence electrons. The summed E-state index contributed by atoms with van der Waals surface area (Å²) in [7, 11) is -3.39. The fourth-order valence-corrected chi connectivity index (χ4v) is 2.19. The molecule has 0 aliphatic heterocycles. The number of rotatable bonds is 5. The van der Waals surface area contributed by atoms with E-state index in [1.807, 2.05) is 20.8 Å². The second kappa shape index (κ2) is 6.45. The van der Waals surface area contributed by atoms with Gasteiger partial charge in [-0.15, -0.1) is 0 Å². The van der Waals surface area contributed by atoms with Crippen molar-refractivity contribution in [2.75, 3.05) is 11.0 Å². The fraction of sp³-hybridized carbons (Fsp3) is 0.462. The molecule has 1 atom stereocenters. The van der Waals surface area contributed by atoms with Crippen LogP contribution in [0.5, 0.6) is 0 Å². The van der Waals surface area contributed by atoms with Crippen molar-refractivity contribution in [2.45, 2.75) is 26.8 Å². The first-order valence-electron chi connectivity index (χ1n) is 6.18. The zero-order valence-corrected chi connectivity index (χ0v) is 13.5. The van der Waals surface area contributed by atoms with Gasteiger partial charge in [0, 0.05) is 11.7 Å². The van der Waals surface area contributed by atoms with Crippen LogP contribution in [0.15, 0.2) is 18.2 Å². The molecule has 0 unspecified atom stereocenters. The summed E-state index contributed by atoms with van der Waals surface area (Å²) in [5.74, 6) is -0.0385. The number of hydrogen-bond acceptors (Lipinski definition) is 3.